The number of benzene rings is 2. The first-order chi connectivity index (χ1) is 15.8. The van der Waals surface area contributed by atoms with Crippen molar-refractivity contribution in [1.29, 1.82) is 0 Å². The van der Waals surface area contributed by atoms with E-state index in [1.54, 1.807) is 37.4 Å². The van der Waals surface area contributed by atoms with E-state index in [0.29, 0.717) is 34.9 Å². The second-order valence-electron chi connectivity index (χ2n) is 7.23. The van der Waals surface area contributed by atoms with Crippen LogP contribution >= 0.6 is 11.6 Å². The molecule has 0 saturated heterocycles. The Labute approximate surface area is 195 Å². The number of halogens is 1. The molecule has 0 fully saturated rings. The number of likely N-dealkylation sites (N-methyl/N-ethyl adjacent to an activating group) is 1. The van der Waals surface area contributed by atoms with E-state index in [2.05, 4.69) is 20.7 Å². The van der Waals surface area contributed by atoms with Gasteiger partial charge in [-0.3, -0.25) is 20.2 Å². The van der Waals surface area contributed by atoms with E-state index < -0.39 is 24.2 Å². The van der Waals surface area contributed by atoms with Crippen LogP contribution in [0, 0.1) is 0 Å². The van der Waals surface area contributed by atoms with Crippen molar-refractivity contribution in [3.05, 3.63) is 58.6 Å². The summed E-state index contributed by atoms with van der Waals surface area (Å²) in [4.78, 5) is 49.2. The van der Waals surface area contributed by atoms with E-state index in [0.717, 1.165) is 5.56 Å². The molecular weight excluding hydrogens is 452 g/mol. The minimum Gasteiger partial charge on any atom is -0.453 e. The van der Waals surface area contributed by atoms with Crippen molar-refractivity contribution in [1.82, 2.24) is 10.2 Å². The normalized spacial score (nSPS) is 14.3. The van der Waals surface area contributed by atoms with E-state index in [1.165, 1.54) is 24.1 Å². The summed E-state index contributed by atoms with van der Waals surface area (Å²) in [5.74, 6) is -0.740. The Morgan fingerprint density at radius 1 is 1.18 bits per heavy atom. The average Bonchev–Trinajstić information content (AvgIpc) is 2.81. The number of cyclic esters (lactones) is 1. The third-order valence-corrected chi connectivity index (χ3v) is 5.21. The molecule has 0 bridgehead atoms. The molecule has 0 saturated carbocycles. The number of carbonyl (C=O) groups is 4. The second-order valence-corrected chi connectivity index (χ2v) is 7.67. The number of methoxy groups -OCH3 is 1. The summed E-state index contributed by atoms with van der Waals surface area (Å²) >= 11 is 6.05. The molecule has 0 aromatic heterocycles. The summed E-state index contributed by atoms with van der Waals surface area (Å²) in [7, 11) is 2.85. The molecule has 0 radical (unpaired) electrons. The molecule has 2 aromatic rings. The van der Waals surface area contributed by atoms with Crippen molar-refractivity contribution < 1.29 is 28.7 Å². The monoisotopic (exact) mass is 474 g/mol. The highest BCUT2D eigenvalue weighted by molar-refractivity contribution is 6.30. The van der Waals surface area contributed by atoms with Crippen molar-refractivity contribution in [3.63, 3.8) is 0 Å². The molecule has 3 rings (SSSR count). The summed E-state index contributed by atoms with van der Waals surface area (Å²) < 4.78 is 9.84. The van der Waals surface area contributed by atoms with Gasteiger partial charge in [-0.15, -0.1) is 0 Å². The number of hydrogen-bond acceptors (Lipinski definition) is 6. The van der Waals surface area contributed by atoms with Crippen molar-refractivity contribution in [3.8, 4) is 0 Å². The van der Waals surface area contributed by atoms with Crippen molar-refractivity contribution in [2.24, 2.45) is 0 Å². The van der Waals surface area contributed by atoms with Gasteiger partial charge in [0.15, 0.2) is 0 Å². The number of amides is 4. The average molecular weight is 475 g/mol. The molecule has 3 N–H and O–H groups in total. The number of nitrogens with zero attached hydrogens (tertiary/aromatic N) is 1. The summed E-state index contributed by atoms with van der Waals surface area (Å²) in [6.07, 6.45) is -1.36. The van der Waals surface area contributed by atoms with Crippen LogP contribution in [0.2, 0.25) is 5.02 Å². The zero-order chi connectivity index (χ0) is 24.0. The van der Waals surface area contributed by atoms with E-state index >= 15 is 0 Å². The van der Waals surface area contributed by atoms with Crippen LogP contribution in [0.5, 0.6) is 0 Å². The lowest BCUT2D eigenvalue weighted by atomic mass is 10.0. The maximum atomic E-state index is 12.4. The third kappa shape index (κ3) is 6.36. The highest BCUT2D eigenvalue weighted by atomic mass is 35.5. The zero-order valence-corrected chi connectivity index (χ0v) is 18.8. The lowest BCUT2D eigenvalue weighted by Gasteiger charge is -2.28. The van der Waals surface area contributed by atoms with E-state index in [4.69, 9.17) is 16.3 Å². The number of hydrogen-bond donors (Lipinski definition) is 3. The number of nitrogens with one attached hydrogen (secondary N) is 3. The zero-order valence-electron chi connectivity index (χ0n) is 18.0. The minimum absolute atomic E-state index is 0.202. The Kier molecular flexibility index (Phi) is 7.73. The van der Waals surface area contributed by atoms with E-state index in [1.807, 2.05) is 0 Å². The highest BCUT2D eigenvalue weighted by Crippen LogP contribution is 2.34. The van der Waals surface area contributed by atoms with Crippen LogP contribution in [-0.2, 0) is 14.3 Å². The lowest BCUT2D eigenvalue weighted by molar-refractivity contribution is -0.129. The maximum Gasteiger partial charge on any atom is 0.412 e. The first-order valence-electron chi connectivity index (χ1n) is 10.0. The Hall–Kier alpha value is -3.79. The van der Waals surface area contributed by atoms with Gasteiger partial charge >= 0.3 is 12.2 Å². The Morgan fingerprint density at radius 3 is 2.61 bits per heavy atom. The highest BCUT2D eigenvalue weighted by Gasteiger charge is 2.27. The molecule has 1 unspecified atom stereocenters. The van der Waals surface area contributed by atoms with Crippen LogP contribution in [0.15, 0.2) is 42.5 Å². The number of anilines is 2. The first kappa shape index (κ1) is 23.9. The van der Waals surface area contributed by atoms with Gasteiger partial charge in [-0.2, -0.15) is 0 Å². The molecule has 1 aliphatic heterocycles. The van der Waals surface area contributed by atoms with Gasteiger partial charge in [-0.1, -0.05) is 11.6 Å². The van der Waals surface area contributed by atoms with E-state index in [9.17, 15) is 19.2 Å². The van der Waals surface area contributed by atoms with Gasteiger partial charge < -0.3 is 19.7 Å². The Balaban J connectivity index is 1.49. The molecule has 1 atom stereocenters. The minimum atomic E-state index is -0.619. The molecular formula is C22H23ClN4O6. The predicted molar refractivity (Wildman–Crippen MR) is 121 cm³/mol. The summed E-state index contributed by atoms with van der Waals surface area (Å²) in [6, 6.07) is 11.2. The van der Waals surface area contributed by atoms with Gasteiger partial charge in [0.25, 0.3) is 5.91 Å². The maximum absolute atomic E-state index is 12.4. The fraction of sp³-hybridized carbons (Fsp3) is 0.273. The second kappa shape index (κ2) is 10.7. The SMILES string of the molecule is COC(=O)Nc1ccc(C(=O)NCC(=O)N(C)CCC2OC(=O)Nc3ccc(Cl)cc32)cc1. The van der Waals surface area contributed by atoms with Crippen LogP contribution in [0.3, 0.4) is 0 Å². The molecule has 0 aliphatic carbocycles. The number of rotatable bonds is 7. The van der Waals surface area contributed by atoms with Crippen molar-refractivity contribution in [2.45, 2.75) is 12.5 Å². The molecule has 11 heteroatoms. The fourth-order valence-electron chi connectivity index (χ4n) is 3.16. The predicted octanol–water partition coefficient (Wildman–Crippen LogP) is 3.40. The molecule has 4 amide bonds. The number of carbonyl (C=O) groups excluding carboxylic acids is 4. The molecule has 1 aliphatic rings. The summed E-state index contributed by atoms with van der Waals surface area (Å²) in [5.41, 5.74) is 2.16. The van der Waals surface area contributed by atoms with Crippen LogP contribution in [0.1, 0.15) is 28.4 Å². The van der Waals surface area contributed by atoms with E-state index in [-0.39, 0.29) is 12.5 Å². The smallest absolute Gasteiger partial charge is 0.412 e. The molecule has 33 heavy (non-hydrogen) atoms. The fourth-order valence-corrected chi connectivity index (χ4v) is 3.34. The molecule has 2 aromatic carbocycles. The summed E-state index contributed by atoms with van der Waals surface area (Å²) in [6.45, 7) is 0.0957. The van der Waals surface area contributed by atoms with Gasteiger partial charge in [0.05, 0.1) is 19.3 Å². The largest absolute Gasteiger partial charge is 0.453 e. The first-order valence-corrected chi connectivity index (χ1v) is 10.4. The molecule has 0 spiro atoms. The molecule has 10 nitrogen and oxygen atoms in total. The van der Waals surface area contributed by atoms with Crippen LogP contribution in [-0.4, -0.2) is 56.1 Å². The van der Waals surface area contributed by atoms with Gasteiger partial charge in [0, 0.05) is 41.9 Å². The van der Waals surface area contributed by atoms with Crippen molar-refractivity contribution >= 4 is 47.0 Å². The quantitative estimate of drug-likeness (QED) is 0.564. The lowest BCUT2D eigenvalue weighted by Crippen LogP contribution is -2.39. The number of fused-ring (bicyclic) bond motifs is 1. The molecule has 1 heterocycles. The van der Waals surface area contributed by atoms with Crippen LogP contribution in [0.4, 0.5) is 21.0 Å². The van der Waals surface area contributed by atoms with Gasteiger partial charge in [0.2, 0.25) is 5.91 Å². The van der Waals surface area contributed by atoms with Gasteiger partial charge in [0.1, 0.15) is 6.10 Å². The van der Waals surface area contributed by atoms with Crippen molar-refractivity contribution in [2.75, 3.05) is 37.9 Å². The Bertz CT molecular complexity index is 1060. The Morgan fingerprint density at radius 2 is 1.91 bits per heavy atom. The third-order valence-electron chi connectivity index (χ3n) is 4.98. The summed E-state index contributed by atoms with van der Waals surface area (Å²) in [5, 5.41) is 8.17. The van der Waals surface area contributed by atoms with Crippen LogP contribution in [0.25, 0.3) is 0 Å². The molecule has 174 valence electrons. The topological polar surface area (TPSA) is 126 Å². The van der Waals surface area contributed by atoms with Gasteiger partial charge in [-0.25, -0.2) is 9.59 Å². The number of ether oxygens (including phenoxy) is 2. The standard InChI is InChI=1S/C22H23ClN4O6/c1-27(10-9-18-16-11-14(23)5-8-17(16)26-22(31)33-18)19(28)12-24-20(29)13-3-6-15(7-4-13)25-21(30)32-2/h3-8,11,18H,9-10,12H2,1-2H3,(H,24,29)(H,25,30)(H,26,31). The van der Waals surface area contributed by atoms with Gasteiger partial charge in [-0.05, 0) is 42.5 Å². The van der Waals surface area contributed by atoms with Crippen LogP contribution < -0.4 is 16.0 Å².